The van der Waals surface area contributed by atoms with Crippen LogP contribution >= 0.6 is 0 Å². The lowest BCUT2D eigenvalue weighted by Crippen LogP contribution is -2.64. The van der Waals surface area contributed by atoms with E-state index < -0.39 is 0 Å². The molecule has 0 spiro atoms. The lowest BCUT2D eigenvalue weighted by atomic mass is 9.87. The summed E-state index contributed by atoms with van der Waals surface area (Å²) >= 11 is 0. The first-order valence-corrected chi connectivity index (χ1v) is 12.4. The third-order valence-electron chi connectivity index (χ3n) is 6.85. The van der Waals surface area contributed by atoms with Crippen molar-refractivity contribution in [3.8, 4) is 0 Å². The van der Waals surface area contributed by atoms with Crippen LogP contribution in [0.3, 0.4) is 0 Å². The number of carbonyl (C=O) groups excluding carboxylic acids is 2. The highest BCUT2D eigenvalue weighted by Gasteiger charge is 2.43. The number of quaternary nitrogens is 1. The standard InChI is InChI=1S/C29H34N3O3/c1-2-35-29(34)23-32(19-17-31(18-20-32)22-26-15-9-10-16-30-26)28(33)21-27(24-11-5-3-6-12-24)25-13-7-4-8-14-25/h3-16,27H,2,17-23H2,1H3/q+1. The van der Waals surface area contributed by atoms with Crippen molar-refractivity contribution in [1.29, 1.82) is 0 Å². The summed E-state index contributed by atoms with van der Waals surface area (Å²) in [6.45, 7) is 5.56. The number of rotatable bonds is 9. The second-order valence-corrected chi connectivity index (χ2v) is 9.12. The van der Waals surface area contributed by atoms with Crippen LogP contribution in [-0.4, -0.2) is 65.6 Å². The monoisotopic (exact) mass is 472 g/mol. The van der Waals surface area contributed by atoms with Gasteiger partial charge < -0.3 is 4.74 Å². The van der Waals surface area contributed by atoms with Crippen LogP contribution in [0.1, 0.15) is 36.1 Å². The predicted molar refractivity (Wildman–Crippen MR) is 135 cm³/mol. The molecular weight excluding hydrogens is 438 g/mol. The fourth-order valence-electron chi connectivity index (χ4n) is 4.88. The fraction of sp³-hybridized carbons (Fsp3) is 0.345. The number of hydrogen-bond donors (Lipinski definition) is 0. The Morgan fingerprint density at radius 1 is 0.914 bits per heavy atom. The molecule has 6 nitrogen and oxygen atoms in total. The zero-order valence-corrected chi connectivity index (χ0v) is 20.4. The Bertz CT molecular complexity index is 1040. The highest BCUT2D eigenvalue weighted by Crippen LogP contribution is 2.31. The Hall–Kier alpha value is -3.35. The number of hydrogen-bond acceptors (Lipinski definition) is 5. The Kier molecular flexibility index (Phi) is 8.40. The van der Waals surface area contributed by atoms with Crippen molar-refractivity contribution in [3.05, 3.63) is 102 Å². The molecule has 2 heterocycles. The minimum absolute atomic E-state index is 0.0614. The van der Waals surface area contributed by atoms with Crippen molar-refractivity contribution >= 4 is 11.9 Å². The molecule has 182 valence electrons. The third kappa shape index (κ3) is 6.41. The lowest BCUT2D eigenvalue weighted by molar-refractivity contribution is -0.852. The fourth-order valence-corrected chi connectivity index (χ4v) is 4.88. The van der Waals surface area contributed by atoms with Crippen LogP contribution in [0.15, 0.2) is 85.1 Å². The molecule has 4 rings (SSSR count). The van der Waals surface area contributed by atoms with Crippen LogP contribution in [-0.2, 0) is 20.9 Å². The SMILES string of the molecule is CCOC(=O)C[N+]1(C(=O)CC(c2ccccc2)c2ccccc2)CCN(Cc2ccccn2)CC1. The number of carbonyl (C=O) groups is 2. The summed E-state index contributed by atoms with van der Waals surface area (Å²) in [6.07, 6.45) is 2.14. The number of nitrogens with zero attached hydrogens (tertiary/aromatic N) is 3. The van der Waals surface area contributed by atoms with Crippen LogP contribution in [0.4, 0.5) is 0 Å². The molecule has 1 amide bonds. The summed E-state index contributed by atoms with van der Waals surface area (Å²) in [5.41, 5.74) is 3.22. The van der Waals surface area contributed by atoms with Crippen LogP contribution in [0.25, 0.3) is 0 Å². The number of ether oxygens (including phenoxy) is 1. The van der Waals surface area contributed by atoms with E-state index >= 15 is 0 Å². The topological polar surface area (TPSA) is 59.5 Å². The predicted octanol–water partition coefficient (Wildman–Crippen LogP) is 4.03. The zero-order valence-electron chi connectivity index (χ0n) is 20.4. The largest absolute Gasteiger partial charge is 0.462 e. The van der Waals surface area contributed by atoms with Gasteiger partial charge in [-0.2, -0.15) is 0 Å². The molecule has 6 heteroatoms. The first kappa shape index (κ1) is 24.8. The molecule has 0 unspecified atom stereocenters. The first-order chi connectivity index (χ1) is 17.1. The molecule has 0 atom stereocenters. The van der Waals surface area contributed by atoms with Crippen LogP contribution in [0, 0.1) is 0 Å². The van der Waals surface area contributed by atoms with Gasteiger partial charge in [-0.3, -0.25) is 9.88 Å². The average molecular weight is 473 g/mol. The first-order valence-electron chi connectivity index (χ1n) is 12.4. The van der Waals surface area contributed by atoms with E-state index in [9.17, 15) is 9.59 Å². The van der Waals surface area contributed by atoms with Crippen LogP contribution in [0.2, 0.25) is 0 Å². The Morgan fingerprint density at radius 3 is 2.06 bits per heavy atom. The minimum Gasteiger partial charge on any atom is -0.462 e. The van der Waals surface area contributed by atoms with Gasteiger partial charge in [-0.05, 0) is 30.2 Å². The molecule has 2 aromatic carbocycles. The second-order valence-electron chi connectivity index (χ2n) is 9.12. The van der Waals surface area contributed by atoms with Gasteiger partial charge in [0, 0.05) is 31.7 Å². The van der Waals surface area contributed by atoms with Crippen molar-refractivity contribution in [2.45, 2.75) is 25.8 Å². The molecule has 3 aromatic rings. The number of esters is 1. The van der Waals surface area contributed by atoms with Gasteiger partial charge in [0.15, 0.2) is 6.54 Å². The van der Waals surface area contributed by atoms with Crippen molar-refractivity contribution in [2.24, 2.45) is 0 Å². The summed E-state index contributed by atoms with van der Waals surface area (Å²) in [4.78, 5) is 33.4. The number of benzene rings is 2. The molecule has 1 aromatic heterocycles. The average Bonchev–Trinajstić information content (AvgIpc) is 2.90. The molecule has 1 aliphatic rings. The third-order valence-corrected chi connectivity index (χ3v) is 6.85. The Morgan fingerprint density at radius 2 is 1.51 bits per heavy atom. The zero-order chi connectivity index (χ0) is 24.5. The van der Waals surface area contributed by atoms with E-state index in [0.717, 1.165) is 36.5 Å². The van der Waals surface area contributed by atoms with Gasteiger partial charge in [0.2, 0.25) is 0 Å². The van der Waals surface area contributed by atoms with Gasteiger partial charge in [0.05, 0.1) is 31.8 Å². The van der Waals surface area contributed by atoms with Gasteiger partial charge in [-0.15, -0.1) is 0 Å². The summed E-state index contributed by atoms with van der Waals surface area (Å²) in [7, 11) is 0. The summed E-state index contributed by atoms with van der Waals surface area (Å²) in [6, 6.07) is 26.2. The molecular formula is C29H34N3O3+. The minimum atomic E-state index is -0.310. The number of piperazine rings is 1. The van der Waals surface area contributed by atoms with E-state index in [4.69, 9.17) is 4.74 Å². The van der Waals surface area contributed by atoms with E-state index in [1.807, 2.05) is 54.6 Å². The Balaban J connectivity index is 1.55. The van der Waals surface area contributed by atoms with Crippen molar-refractivity contribution in [2.75, 3.05) is 39.3 Å². The summed E-state index contributed by atoms with van der Waals surface area (Å²) in [5, 5.41) is 0. The van der Waals surface area contributed by atoms with Crippen LogP contribution in [0.5, 0.6) is 0 Å². The normalized spacial score (nSPS) is 15.6. The van der Waals surface area contributed by atoms with Crippen molar-refractivity contribution in [1.82, 2.24) is 9.88 Å². The van der Waals surface area contributed by atoms with Gasteiger partial charge >= 0.3 is 11.9 Å². The molecule has 0 aliphatic carbocycles. The van der Waals surface area contributed by atoms with Crippen molar-refractivity contribution in [3.63, 3.8) is 0 Å². The lowest BCUT2D eigenvalue weighted by Gasteiger charge is -2.42. The van der Waals surface area contributed by atoms with Gasteiger partial charge in [0.1, 0.15) is 0 Å². The number of pyridine rings is 1. The number of aromatic nitrogens is 1. The van der Waals surface area contributed by atoms with Crippen molar-refractivity contribution < 1.29 is 18.8 Å². The highest BCUT2D eigenvalue weighted by atomic mass is 16.5. The van der Waals surface area contributed by atoms with Crippen LogP contribution < -0.4 is 0 Å². The maximum atomic E-state index is 14.0. The Labute approximate surface area is 207 Å². The van der Waals surface area contributed by atoms with E-state index in [-0.39, 0.29) is 28.8 Å². The molecule has 0 N–H and O–H groups in total. The van der Waals surface area contributed by atoms with Gasteiger partial charge in [-0.1, -0.05) is 66.7 Å². The summed E-state index contributed by atoms with van der Waals surface area (Å²) in [5.74, 6) is -0.281. The molecule has 35 heavy (non-hydrogen) atoms. The van der Waals surface area contributed by atoms with Gasteiger partial charge in [0.25, 0.3) is 0 Å². The second kappa shape index (κ2) is 11.9. The molecule has 1 fully saturated rings. The van der Waals surface area contributed by atoms with E-state index in [0.29, 0.717) is 26.1 Å². The quantitative estimate of drug-likeness (QED) is 0.348. The highest BCUT2D eigenvalue weighted by molar-refractivity contribution is 5.77. The smallest absolute Gasteiger partial charge is 0.362 e. The summed E-state index contributed by atoms with van der Waals surface area (Å²) < 4.78 is 5.42. The molecule has 0 radical (unpaired) electrons. The maximum absolute atomic E-state index is 14.0. The number of amides is 1. The molecule has 0 bridgehead atoms. The van der Waals surface area contributed by atoms with Gasteiger partial charge in [-0.25, -0.2) is 14.1 Å². The molecule has 1 saturated heterocycles. The maximum Gasteiger partial charge on any atom is 0.362 e. The van der Waals surface area contributed by atoms with E-state index in [2.05, 4.69) is 34.1 Å². The van der Waals surface area contributed by atoms with E-state index in [1.54, 1.807) is 13.1 Å². The molecule has 0 saturated carbocycles. The molecule has 1 aliphatic heterocycles. The van der Waals surface area contributed by atoms with E-state index in [1.165, 1.54) is 0 Å².